The molecule has 2 aromatic heterocycles. The summed E-state index contributed by atoms with van der Waals surface area (Å²) in [6.07, 6.45) is 7.45. The zero-order chi connectivity index (χ0) is 15.2. The van der Waals surface area contributed by atoms with E-state index < -0.39 is 0 Å². The van der Waals surface area contributed by atoms with Crippen molar-refractivity contribution in [2.45, 2.75) is 52.5 Å². The molecule has 0 aliphatic carbocycles. The molecule has 0 radical (unpaired) electrons. The Hall–Kier alpha value is -1.62. The number of H-pyrrole nitrogens is 1. The highest BCUT2D eigenvalue weighted by atomic mass is 32.1. The van der Waals surface area contributed by atoms with E-state index in [0.717, 1.165) is 36.4 Å². The van der Waals surface area contributed by atoms with Crippen molar-refractivity contribution in [3.63, 3.8) is 0 Å². The van der Waals surface area contributed by atoms with E-state index in [4.69, 9.17) is 0 Å². The number of aromatic amines is 1. The summed E-state index contributed by atoms with van der Waals surface area (Å²) >= 11 is 1.62. The number of hydrogen-bond acceptors (Lipinski definition) is 3. The summed E-state index contributed by atoms with van der Waals surface area (Å²) in [4.78, 5) is 21.9. The largest absolute Gasteiger partial charge is 0.347 e. The predicted molar refractivity (Wildman–Crippen MR) is 86.8 cm³/mol. The number of carbonyl (C=O) groups excluding carboxylic acids is 1. The van der Waals surface area contributed by atoms with Gasteiger partial charge in [0.25, 0.3) is 5.91 Å². The monoisotopic (exact) mass is 305 g/mol. The van der Waals surface area contributed by atoms with Gasteiger partial charge in [0, 0.05) is 17.3 Å². The Kier molecular flexibility index (Phi) is 5.56. The second-order valence-electron chi connectivity index (χ2n) is 5.07. The third-order valence-corrected chi connectivity index (χ3v) is 4.78. The minimum atomic E-state index is -0.0608. The third-order valence-electron chi connectivity index (χ3n) is 3.54. The van der Waals surface area contributed by atoms with Crippen molar-refractivity contribution in [3.05, 3.63) is 39.6 Å². The summed E-state index contributed by atoms with van der Waals surface area (Å²) in [5.74, 6) is 0.812. The number of thiophene rings is 1. The molecule has 0 spiro atoms. The summed E-state index contributed by atoms with van der Waals surface area (Å²) in [7, 11) is 0. The third kappa shape index (κ3) is 3.73. The van der Waals surface area contributed by atoms with Gasteiger partial charge in [0.1, 0.15) is 5.82 Å². The number of imidazole rings is 1. The summed E-state index contributed by atoms with van der Waals surface area (Å²) in [6.45, 7) is 6.35. The summed E-state index contributed by atoms with van der Waals surface area (Å²) in [6, 6.07) is 1.98. The van der Waals surface area contributed by atoms with E-state index in [1.165, 1.54) is 10.4 Å². The van der Waals surface area contributed by atoms with Crippen molar-refractivity contribution in [3.8, 4) is 0 Å². The summed E-state index contributed by atoms with van der Waals surface area (Å²) < 4.78 is 0. The average Bonchev–Trinajstić information content (AvgIpc) is 3.14. The van der Waals surface area contributed by atoms with Crippen LogP contribution in [0.3, 0.4) is 0 Å². The fraction of sp³-hybridized carbons (Fsp3) is 0.500. The Morgan fingerprint density at radius 1 is 1.43 bits per heavy atom. The zero-order valence-corrected chi connectivity index (χ0v) is 13.7. The van der Waals surface area contributed by atoms with E-state index in [1.54, 1.807) is 23.7 Å². The maximum absolute atomic E-state index is 12.5. The number of hydrogen-bond donors (Lipinski definition) is 2. The Bertz CT molecular complexity index is 574. The molecule has 1 amide bonds. The van der Waals surface area contributed by atoms with Gasteiger partial charge < -0.3 is 10.3 Å². The number of aromatic nitrogens is 2. The molecule has 0 fully saturated rings. The van der Waals surface area contributed by atoms with Gasteiger partial charge in [-0.3, -0.25) is 4.79 Å². The first kappa shape index (κ1) is 15.8. The molecule has 2 aromatic rings. The second kappa shape index (κ2) is 7.41. The summed E-state index contributed by atoms with van der Waals surface area (Å²) in [5, 5.41) is 3.07. The van der Waals surface area contributed by atoms with E-state index in [2.05, 4.69) is 29.1 Å². The quantitative estimate of drug-likeness (QED) is 0.816. The van der Waals surface area contributed by atoms with Gasteiger partial charge in [-0.05, 0) is 30.9 Å². The van der Waals surface area contributed by atoms with Gasteiger partial charge in [0.2, 0.25) is 0 Å². The first-order valence-electron chi connectivity index (χ1n) is 7.61. The molecular formula is C16H23N3OS. The maximum atomic E-state index is 12.5. The minimum Gasteiger partial charge on any atom is -0.347 e. The lowest BCUT2D eigenvalue weighted by molar-refractivity contribution is 0.0938. The smallest absolute Gasteiger partial charge is 0.261 e. The van der Waals surface area contributed by atoms with Crippen LogP contribution < -0.4 is 5.32 Å². The molecule has 0 saturated heterocycles. The number of rotatable bonds is 7. The van der Waals surface area contributed by atoms with Gasteiger partial charge in [-0.2, -0.15) is 0 Å². The lowest BCUT2D eigenvalue weighted by Crippen LogP contribution is -2.28. The lowest BCUT2D eigenvalue weighted by Gasteiger charge is -2.13. The van der Waals surface area contributed by atoms with Crippen LogP contribution >= 0.6 is 11.3 Å². The van der Waals surface area contributed by atoms with Gasteiger partial charge in [-0.15, -0.1) is 11.3 Å². The lowest BCUT2D eigenvalue weighted by atomic mass is 10.1. The predicted octanol–water partition coefficient (Wildman–Crippen LogP) is 3.87. The van der Waals surface area contributed by atoms with Crippen LogP contribution in [0.25, 0.3) is 0 Å². The molecule has 0 aliphatic heterocycles. The van der Waals surface area contributed by atoms with Crippen LogP contribution in [-0.4, -0.2) is 15.9 Å². The molecule has 2 N–H and O–H groups in total. The van der Waals surface area contributed by atoms with Crippen LogP contribution in [0.5, 0.6) is 0 Å². The minimum absolute atomic E-state index is 0.000281. The van der Waals surface area contributed by atoms with Crippen molar-refractivity contribution < 1.29 is 4.79 Å². The first-order valence-corrected chi connectivity index (χ1v) is 8.42. The number of amides is 1. The van der Waals surface area contributed by atoms with Gasteiger partial charge in [0.05, 0.1) is 10.9 Å². The molecule has 114 valence electrons. The topological polar surface area (TPSA) is 57.8 Å². The molecule has 0 bridgehead atoms. The van der Waals surface area contributed by atoms with Crippen LogP contribution in [-0.2, 0) is 12.8 Å². The van der Waals surface area contributed by atoms with E-state index in [0.29, 0.717) is 0 Å². The molecule has 1 atom stereocenters. The van der Waals surface area contributed by atoms with Gasteiger partial charge in [-0.1, -0.05) is 27.2 Å². The molecule has 21 heavy (non-hydrogen) atoms. The fourth-order valence-electron chi connectivity index (χ4n) is 2.38. The normalized spacial score (nSPS) is 12.3. The number of nitrogens with zero attached hydrogens (tertiary/aromatic N) is 1. The highest BCUT2D eigenvalue weighted by Gasteiger charge is 2.18. The Morgan fingerprint density at radius 2 is 2.24 bits per heavy atom. The van der Waals surface area contributed by atoms with Gasteiger partial charge in [0.15, 0.2) is 0 Å². The highest BCUT2D eigenvalue weighted by Crippen LogP contribution is 2.25. The molecule has 1 unspecified atom stereocenters. The fourth-order valence-corrected chi connectivity index (χ4v) is 3.64. The molecule has 0 aliphatic rings. The van der Waals surface area contributed by atoms with E-state index in [1.807, 2.05) is 13.0 Å². The van der Waals surface area contributed by atoms with Crippen molar-refractivity contribution >= 4 is 17.2 Å². The van der Waals surface area contributed by atoms with Gasteiger partial charge >= 0.3 is 0 Å². The average molecular weight is 305 g/mol. The van der Waals surface area contributed by atoms with Crippen molar-refractivity contribution in [2.75, 3.05) is 0 Å². The van der Waals surface area contributed by atoms with E-state index >= 15 is 0 Å². The molecule has 2 rings (SSSR count). The molecule has 2 heterocycles. The van der Waals surface area contributed by atoms with Crippen LogP contribution in [0.1, 0.15) is 65.6 Å². The number of aryl methyl sites for hydroxylation is 2. The van der Waals surface area contributed by atoms with Crippen molar-refractivity contribution in [2.24, 2.45) is 0 Å². The number of nitrogens with one attached hydrogen (secondary N) is 2. The van der Waals surface area contributed by atoms with Crippen LogP contribution in [0.15, 0.2) is 18.5 Å². The zero-order valence-electron chi connectivity index (χ0n) is 12.9. The second-order valence-corrected chi connectivity index (χ2v) is 6.21. The van der Waals surface area contributed by atoms with Crippen molar-refractivity contribution in [1.29, 1.82) is 0 Å². The van der Waals surface area contributed by atoms with E-state index in [9.17, 15) is 4.79 Å². The Labute approximate surface area is 130 Å². The van der Waals surface area contributed by atoms with E-state index in [-0.39, 0.29) is 11.9 Å². The highest BCUT2D eigenvalue weighted by molar-refractivity contribution is 7.14. The first-order chi connectivity index (χ1) is 10.2. The Balaban J connectivity index is 2.12. The SMILES string of the molecule is CCCc1sc(C(=O)NC(CC)c2ncc[nH]2)cc1CC. The molecule has 5 heteroatoms. The Morgan fingerprint density at radius 3 is 2.81 bits per heavy atom. The van der Waals surface area contributed by atoms with Gasteiger partial charge in [-0.25, -0.2) is 4.98 Å². The standard InChI is InChI=1S/C16H23N3OS/c1-4-7-13-11(5-2)10-14(21-13)16(20)19-12(6-3)15-17-8-9-18-15/h8-10,12H,4-7H2,1-3H3,(H,17,18)(H,19,20). The summed E-state index contributed by atoms with van der Waals surface area (Å²) in [5.41, 5.74) is 1.30. The van der Waals surface area contributed by atoms with Crippen LogP contribution in [0, 0.1) is 0 Å². The maximum Gasteiger partial charge on any atom is 0.261 e. The molecule has 0 aromatic carbocycles. The van der Waals surface area contributed by atoms with Crippen molar-refractivity contribution in [1.82, 2.24) is 15.3 Å². The van der Waals surface area contributed by atoms with Crippen LogP contribution in [0.4, 0.5) is 0 Å². The number of carbonyl (C=O) groups is 1. The molecular weight excluding hydrogens is 282 g/mol. The van der Waals surface area contributed by atoms with Crippen LogP contribution in [0.2, 0.25) is 0 Å². The molecule has 0 saturated carbocycles. The molecule has 4 nitrogen and oxygen atoms in total.